The van der Waals surface area contributed by atoms with Crippen molar-refractivity contribution in [1.29, 1.82) is 0 Å². The summed E-state index contributed by atoms with van der Waals surface area (Å²) in [6.45, 7) is 0. The van der Waals surface area contributed by atoms with Gasteiger partial charge < -0.3 is 19.4 Å². The first-order valence-corrected chi connectivity index (χ1v) is 9.29. The number of nitrogens with one attached hydrogen (secondary N) is 1. The average molecular weight is 416 g/mol. The number of alkyl halides is 3. The van der Waals surface area contributed by atoms with E-state index in [9.17, 15) is 18.0 Å². The monoisotopic (exact) mass is 416 g/mol. The summed E-state index contributed by atoms with van der Waals surface area (Å²) < 4.78 is 49.5. The van der Waals surface area contributed by atoms with Crippen LogP contribution in [0.2, 0.25) is 0 Å². The molecule has 156 valence electrons. The zero-order chi connectivity index (χ0) is 21.3. The van der Waals surface area contributed by atoms with Crippen molar-refractivity contribution < 1.29 is 27.1 Å². The van der Waals surface area contributed by atoms with E-state index >= 15 is 0 Å². The number of nitrogens with zero attached hydrogens (tertiary/aromatic N) is 1. The largest absolute Gasteiger partial charge is 0.497 e. The highest BCUT2D eigenvalue weighted by Gasteiger charge is 2.44. The molecule has 1 aliphatic heterocycles. The van der Waals surface area contributed by atoms with Gasteiger partial charge in [-0.3, -0.25) is 4.79 Å². The molecule has 2 aromatic carbocycles. The second-order valence-electron chi connectivity index (χ2n) is 6.98. The van der Waals surface area contributed by atoms with E-state index in [0.717, 1.165) is 16.9 Å². The molecule has 0 radical (unpaired) electrons. The van der Waals surface area contributed by atoms with Crippen LogP contribution in [0.15, 0.2) is 71.5 Å². The number of carbonyl (C=O) groups excluding carboxylic acids is 1. The van der Waals surface area contributed by atoms with Gasteiger partial charge >= 0.3 is 12.1 Å². The lowest BCUT2D eigenvalue weighted by Crippen LogP contribution is -2.52. The maximum absolute atomic E-state index is 13.0. The zero-order valence-electron chi connectivity index (χ0n) is 16.0. The molecule has 0 aliphatic carbocycles. The van der Waals surface area contributed by atoms with Crippen molar-refractivity contribution in [3.63, 3.8) is 0 Å². The van der Waals surface area contributed by atoms with Crippen LogP contribution in [0.5, 0.6) is 5.75 Å². The quantitative estimate of drug-likeness (QED) is 0.666. The number of ether oxygens (including phenoxy) is 1. The van der Waals surface area contributed by atoms with Crippen molar-refractivity contribution in [2.75, 3.05) is 12.0 Å². The SMILES string of the molecule is COc1ccc(N2c3ccccc3C[C@H](NC(=O)C(F)(F)F)[C@H]2c2ccoc2)cc1. The third-order valence-corrected chi connectivity index (χ3v) is 5.16. The molecule has 0 spiro atoms. The Hall–Kier alpha value is -3.42. The number of benzene rings is 2. The first-order chi connectivity index (χ1) is 14.4. The standard InChI is InChI=1S/C22H19F3N2O3/c1-29-17-8-6-16(7-9-17)27-19-5-3-2-4-14(19)12-18(26-21(28)22(23,24)25)20(27)15-10-11-30-13-15/h2-11,13,18,20H,12H2,1H3,(H,26,28)/t18-,20+/m0/s1. The van der Waals surface area contributed by atoms with Crippen LogP contribution in [0.3, 0.4) is 0 Å². The Balaban J connectivity index is 1.83. The summed E-state index contributed by atoms with van der Waals surface area (Å²) in [6, 6.07) is 15.0. The molecular weight excluding hydrogens is 397 g/mol. The molecule has 0 bridgehead atoms. The van der Waals surface area contributed by atoms with Gasteiger partial charge in [-0.15, -0.1) is 0 Å². The molecule has 5 nitrogen and oxygen atoms in total. The second kappa shape index (κ2) is 7.78. The van der Waals surface area contributed by atoms with E-state index < -0.39 is 24.2 Å². The Bertz CT molecular complexity index is 1020. The molecular formula is C22H19F3N2O3. The molecule has 1 amide bonds. The first kappa shape index (κ1) is 19.9. The number of hydrogen-bond donors (Lipinski definition) is 1. The number of rotatable bonds is 4. The van der Waals surface area contributed by atoms with Gasteiger partial charge in [0, 0.05) is 16.9 Å². The topological polar surface area (TPSA) is 54.7 Å². The van der Waals surface area contributed by atoms with Crippen LogP contribution in [0.25, 0.3) is 0 Å². The van der Waals surface area contributed by atoms with Crippen molar-refractivity contribution in [2.24, 2.45) is 0 Å². The number of hydrogen-bond acceptors (Lipinski definition) is 4. The van der Waals surface area contributed by atoms with Crippen LogP contribution in [0, 0.1) is 0 Å². The Kier molecular flexibility index (Phi) is 5.15. The molecule has 8 heteroatoms. The number of methoxy groups -OCH3 is 1. The molecule has 0 unspecified atom stereocenters. The van der Waals surface area contributed by atoms with Crippen LogP contribution < -0.4 is 15.0 Å². The Morgan fingerprint density at radius 2 is 1.87 bits per heavy atom. The van der Waals surface area contributed by atoms with Crippen LogP contribution >= 0.6 is 0 Å². The van der Waals surface area contributed by atoms with E-state index in [2.05, 4.69) is 5.32 Å². The minimum atomic E-state index is -4.97. The maximum Gasteiger partial charge on any atom is 0.471 e. The average Bonchev–Trinajstić information content (AvgIpc) is 3.26. The Labute approximate surface area is 171 Å². The molecule has 1 aliphatic rings. The van der Waals surface area contributed by atoms with Crippen molar-refractivity contribution in [1.82, 2.24) is 5.32 Å². The van der Waals surface area contributed by atoms with Gasteiger partial charge in [0.15, 0.2) is 0 Å². The lowest BCUT2D eigenvalue weighted by molar-refractivity contribution is -0.174. The minimum Gasteiger partial charge on any atom is -0.497 e. The van der Waals surface area contributed by atoms with E-state index in [-0.39, 0.29) is 6.42 Å². The second-order valence-corrected chi connectivity index (χ2v) is 6.98. The third kappa shape index (κ3) is 3.72. The number of amides is 1. The number of furan rings is 1. The lowest BCUT2D eigenvalue weighted by atomic mass is 9.87. The summed E-state index contributed by atoms with van der Waals surface area (Å²) in [4.78, 5) is 13.7. The Morgan fingerprint density at radius 3 is 2.50 bits per heavy atom. The smallest absolute Gasteiger partial charge is 0.471 e. The summed E-state index contributed by atoms with van der Waals surface area (Å²) in [7, 11) is 1.56. The van der Waals surface area contributed by atoms with E-state index in [1.165, 1.54) is 12.5 Å². The molecule has 0 saturated carbocycles. The molecule has 3 aromatic rings. The number of carbonyl (C=O) groups is 1. The third-order valence-electron chi connectivity index (χ3n) is 5.16. The van der Waals surface area contributed by atoms with Gasteiger partial charge in [-0.2, -0.15) is 13.2 Å². The molecule has 2 atom stereocenters. The summed E-state index contributed by atoms with van der Waals surface area (Å²) in [5.74, 6) is -1.30. The van der Waals surface area contributed by atoms with E-state index in [1.807, 2.05) is 41.3 Å². The molecule has 0 fully saturated rings. The van der Waals surface area contributed by atoms with Gasteiger partial charge in [-0.05, 0) is 48.4 Å². The van der Waals surface area contributed by atoms with E-state index in [1.54, 1.807) is 25.3 Å². The van der Waals surface area contributed by atoms with Gasteiger partial charge in [0.25, 0.3) is 0 Å². The fourth-order valence-corrected chi connectivity index (χ4v) is 3.84. The van der Waals surface area contributed by atoms with Gasteiger partial charge in [-0.25, -0.2) is 0 Å². The first-order valence-electron chi connectivity index (χ1n) is 9.29. The zero-order valence-corrected chi connectivity index (χ0v) is 16.0. The highest BCUT2D eigenvalue weighted by Crippen LogP contribution is 2.44. The molecule has 4 rings (SSSR count). The fourth-order valence-electron chi connectivity index (χ4n) is 3.84. The minimum absolute atomic E-state index is 0.250. The summed E-state index contributed by atoms with van der Waals surface area (Å²) >= 11 is 0. The number of anilines is 2. The van der Waals surface area contributed by atoms with Gasteiger partial charge in [0.05, 0.1) is 31.7 Å². The molecule has 30 heavy (non-hydrogen) atoms. The van der Waals surface area contributed by atoms with Gasteiger partial charge in [0.2, 0.25) is 0 Å². The summed E-state index contributed by atoms with van der Waals surface area (Å²) in [5, 5.41) is 2.19. The number of fused-ring (bicyclic) bond motifs is 1. The van der Waals surface area contributed by atoms with Crippen LogP contribution in [-0.2, 0) is 11.2 Å². The summed E-state index contributed by atoms with van der Waals surface area (Å²) in [5.41, 5.74) is 3.10. The lowest BCUT2D eigenvalue weighted by Gasteiger charge is -2.43. The molecule has 0 saturated heterocycles. The van der Waals surface area contributed by atoms with Crippen molar-refractivity contribution >= 4 is 17.3 Å². The highest BCUT2D eigenvalue weighted by molar-refractivity contribution is 5.82. The van der Waals surface area contributed by atoms with Crippen molar-refractivity contribution in [3.05, 3.63) is 78.3 Å². The Morgan fingerprint density at radius 1 is 1.13 bits per heavy atom. The molecule has 2 heterocycles. The van der Waals surface area contributed by atoms with Gasteiger partial charge in [0.1, 0.15) is 5.75 Å². The predicted molar refractivity (Wildman–Crippen MR) is 105 cm³/mol. The molecule has 1 N–H and O–H groups in total. The summed E-state index contributed by atoms with van der Waals surface area (Å²) in [6.07, 6.45) is -1.77. The van der Waals surface area contributed by atoms with Crippen LogP contribution in [0.1, 0.15) is 17.2 Å². The van der Waals surface area contributed by atoms with Gasteiger partial charge in [-0.1, -0.05) is 18.2 Å². The van der Waals surface area contributed by atoms with E-state index in [0.29, 0.717) is 11.3 Å². The molecule has 1 aromatic heterocycles. The fraction of sp³-hybridized carbons (Fsp3) is 0.227. The highest BCUT2D eigenvalue weighted by atomic mass is 19.4. The predicted octanol–water partition coefficient (Wildman–Crippen LogP) is 4.77. The van der Waals surface area contributed by atoms with Crippen LogP contribution in [-0.4, -0.2) is 25.2 Å². The van der Waals surface area contributed by atoms with Crippen molar-refractivity contribution in [3.8, 4) is 5.75 Å². The van der Waals surface area contributed by atoms with E-state index in [4.69, 9.17) is 9.15 Å². The van der Waals surface area contributed by atoms with Crippen LogP contribution in [0.4, 0.5) is 24.5 Å². The maximum atomic E-state index is 13.0. The number of para-hydroxylation sites is 1. The number of halogens is 3. The normalized spacial score (nSPS) is 18.6. The van der Waals surface area contributed by atoms with Crippen molar-refractivity contribution in [2.45, 2.75) is 24.7 Å².